The van der Waals surface area contributed by atoms with Gasteiger partial charge in [-0.3, -0.25) is 4.79 Å². The number of benzene rings is 3. The molecule has 1 aliphatic rings. The van der Waals surface area contributed by atoms with Crippen LogP contribution in [0.5, 0.6) is 17.2 Å². The summed E-state index contributed by atoms with van der Waals surface area (Å²) >= 11 is 0. The molecule has 0 unspecified atom stereocenters. The Morgan fingerprint density at radius 1 is 1.06 bits per heavy atom. The first kappa shape index (κ1) is 20.3. The molecule has 0 aromatic heterocycles. The van der Waals surface area contributed by atoms with E-state index in [0.29, 0.717) is 18.1 Å². The molecule has 0 saturated heterocycles. The number of ether oxygens (including phenoxy) is 3. The number of anilines is 1. The molecule has 4 rings (SSSR count). The van der Waals surface area contributed by atoms with E-state index in [1.54, 1.807) is 18.3 Å². The van der Waals surface area contributed by atoms with Gasteiger partial charge in [0.05, 0.1) is 12.8 Å². The molecule has 31 heavy (non-hydrogen) atoms. The molecular weight excluding hydrogens is 394 g/mol. The summed E-state index contributed by atoms with van der Waals surface area (Å²) in [4.78, 5) is 12.0. The zero-order valence-electron chi connectivity index (χ0n) is 17.1. The average Bonchev–Trinajstić information content (AvgIpc) is 3.26. The maximum Gasteiger partial charge on any atom is 0.259 e. The molecule has 0 saturated carbocycles. The topological polar surface area (TPSA) is 81.2 Å². The normalized spacial score (nSPS) is 12.0. The Labute approximate surface area is 180 Å². The molecule has 1 amide bonds. The molecule has 7 nitrogen and oxygen atoms in total. The van der Waals surface area contributed by atoms with E-state index < -0.39 is 0 Å². The van der Waals surface area contributed by atoms with Gasteiger partial charge in [-0.1, -0.05) is 42.0 Å². The summed E-state index contributed by atoms with van der Waals surface area (Å²) in [5, 5.41) is 7.04. The minimum absolute atomic E-state index is 0.0800. The zero-order valence-corrected chi connectivity index (χ0v) is 17.1. The van der Waals surface area contributed by atoms with E-state index in [-0.39, 0.29) is 19.2 Å². The molecule has 0 aliphatic carbocycles. The number of rotatable bonds is 8. The minimum Gasteiger partial charge on any atom is -0.489 e. The van der Waals surface area contributed by atoms with Crippen molar-refractivity contribution in [3.63, 3.8) is 0 Å². The van der Waals surface area contributed by atoms with Crippen LogP contribution in [0, 0.1) is 6.92 Å². The van der Waals surface area contributed by atoms with Crippen LogP contribution in [-0.2, 0) is 11.4 Å². The molecule has 0 bridgehead atoms. The highest BCUT2D eigenvalue weighted by atomic mass is 16.7. The van der Waals surface area contributed by atoms with E-state index in [0.717, 1.165) is 22.6 Å². The van der Waals surface area contributed by atoms with Crippen LogP contribution in [-0.4, -0.2) is 25.5 Å². The fourth-order valence-corrected chi connectivity index (χ4v) is 2.94. The predicted octanol–water partition coefficient (Wildman–Crippen LogP) is 3.86. The van der Waals surface area contributed by atoms with E-state index in [9.17, 15) is 4.79 Å². The number of nitrogens with one attached hydrogen (secondary N) is 2. The monoisotopic (exact) mass is 417 g/mol. The lowest BCUT2D eigenvalue weighted by atomic mass is 10.2. The third kappa shape index (κ3) is 5.76. The highest BCUT2D eigenvalue weighted by Gasteiger charge is 2.13. The van der Waals surface area contributed by atoms with Gasteiger partial charge in [-0.2, -0.15) is 5.10 Å². The number of hydrogen-bond acceptors (Lipinski definition) is 6. The summed E-state index contributed by atoms with van der Waals surface area (Å²) in [6, 6.07) is 21.2. The van der Waals surface area contributed by atoms with Gasteiger partial charge in [0.25, 0.3) is 5.91 Å². The third-order valence-corrected chi connectivity index (χ3v) is 4.61. The molecule has 3 aromatic rings. The second-order valence-corrected chi connectivity index (χ2v) is 7.06. The van der Waals surface area contributed by atoms with Gasteiger partial charge in [-0.25, -0.2) is 5.43 Å². The third-order valence-electron chi connectivity index (χ3n) is 4.61. The van der Waals surface area contributed by atoms with Gasteiger partial charge < -0.3 is 19.5 Å². The van der Waals surface area contributed by atoms with Crippen LogP contribution in [0.3, 0.4) is 0 Å². The molecule has 3 aromatic carbocycles. The van der Waals surface area contributed by atoms with Crippen molar-refractivity contribution in [3.05, 3.63) is 83.4 Å². The molecule has 0 atom stereocenters. The Morgan fingerprint density at radius 3 is 2.77 bits per heavy atom. The van der Waals surface area contributed by atoms with Crippen LogP contribution in [0.1, 0.15) is 16.7 Å². The highest BCUT2D eigenvalue weighted by Crippen LogP contribution is 2.34. The summed E-state index contributed by atoms with van der Waals surface area (Å²) in [5.41, 5.74) is 6.42. The first-order valence-corrected chi connectivity index (χ1v) is 9.89. The van der Waals surface area contributed by atoms with Gasteiger partial charge in [-0.05, 0) is 42.3 Å². The summed E-state index contributed by atoms with van der Waals surface area (Å²) in [6.07, 6.45) is 1.58. The average molecular weight is 417 g/mol. The van der Waals surface area contributed by atoms with Crippen LogP contribution in [0.4, 0.5) is 5.69 Å². The lowest BCUT2D eigenvalue weighted by molar-refractivity contribution is -0.119. The number of carbonyl (C=O) groups excluding carboxylic acids is 1. The highest BCUT2D eigenvalue weighted by molar-refractivity contribution is 5.84. The van der Waals surface area contributed by atoms with Crippen LogP contribution in [0.2, 0.25) is 0 Å². The van der Waals surface area contributed by atoms with Crippen molar-refractivity contribution in [1.29, 1.82) is 0 Å². The minimum atomic E-state index is -0.263. The molecule has 2 N–H and O–H groups in total. The van der Waals surface area contributed by atoms with Gasteiger partial charge in [0, 0.05) is 11.8 Å². The molecule has 0 spiro atoms. The van der Waals surface area contributed by atoms with Crippen molar-refractivity contribution < 1.29 is 19.0 Å². The Bertz CT molecular complexity index is 1080. The molecule has 0 fully saturated rings. The van der Waals surface area contributed by atoms with Crippen LogP contribution in [0.15, 0.2) is 71.8 Å². The van der Waals surface area contributed by atoms with Gasteiger partial charge in [0.1, 0.15) is 12.4 Å². The maximum atomic E-state index is 12.0. The number of amides is 1. The van der Waals surface area contributed by atoms with Gasteiger partial charge in [0.15, 0.2) is 11.5 Å². The SMILES string of the molecule is Cc1ccc(COc2cccc(/C=N\NC(=O)CNc3ccc4c(c3)OCO4)c2)cc1. The van der Waals surface area contributed by atoms with E-state index in [4.69, 9.17) is 14.2 Å². The molecular formula is C24H23N3O4. The van der Waals surface area contributed by atoms with Crippen molar-refractivity contribution in [1.82, 2.24) is 5.43 Å². The van der Waals surface area contributed by atoms with Crippen LogP contribution >= 0.6 is 0 Å². The van der Waals surface area contributed by atoms with Crippen molar-refractivity contribution in [2.75, 3.05) is 18.7 Å². The fraction of sp³-hybridized carbons (Fsp3) is 0.167. The molecule has 1 heterocycles. The fourth-order valence-electron chi connectivity index (χ4n) is 2.94. The summed E-state index contributed by atoms with van der Waals surface area (Å²) < 4.78 is 16.4. The zero-order chi connectivity index (χ0) is 21.5. The van der Waals surface area contributed by atoms with Crippen molar-refractivity contribution in [2.24, 2.45) is 5.10 Å². The van der Waals surface area contributed by atoms with Crippen LogP contribution in [0.25, 0.3) is 0 Å². The van der Waals surface area contributed by atoms with E-state index in [2.05, 4.69) is 34.9 Å². The Balaban J connectivity index is 1.24. The smallest absolute Gasteiger partial charge is 0.259 e. The van der Waals surface area contributed by atoms with Gasteiger partial charge in [0.2, 0.25) is 6.79 Å². The molecule has 7 heteroatoms. The Hall–Kier alpha value is -4.00. The van der Waals surface area contributed by atoms with E-state index in [1.807, 2.05) is 42.5 Å². The number of hydrogen-bond donors (Lipinski definition) is 2. The summed E-state index contributed by atoms with van der Waals surface area (Å²) in [6.45, 7) is 2.84. The number of hydrazone groups is 1. The standard InChI is InChI=1S/C24H23N3O4/c1-17-5-7-18(8-6-17)15-29-21-4-2-3-19(11-21)13-26-27-24(28)14-25-20-9-10-22-23(12-20)31-16-30-22/h2-13,25H,14-16H2,1H3,(H,27,28)/b26-13-. The van der Waals surface area contributed by atoms with E-state index in [1.165, 1.54) is 5.56 Å². The molecule has 1 aliphatic heterocycles. The second kappa shape index (κ2) is 9.67. The number of nitrogens with zero attached hydrogens (tertiary/aromatic N) is 1. The Kier molecular flexibility index (Phi) is 6.32. The number of carbonyl (C=O) groups is 1. The first-order valence-electron chi connectivity index (χ1n) is 9.89. The molecule has 158 valence electrons. The summed E-state index contributed by atoms with van der Waals surface area (Å²) in [5.74, 6) is 1.83. The van der Waals surface area contributed by atoms with Crippen molar-refractivity contribution >= 4 is 17.8 Å². The first-order chi connectivity index (χ1) is 15.2. The number of aryl methyl sites for hydroxylation is 1. The quantitative estimate of drug-likeness (QED) is 0.430. The van der Waals surface area contributed by atoms with Crippen LogP contribution < -0.4 is 25.0 Å². The lowest BCUT2D eigenvalue weighted by Gasteiger charge is -2.07. The molecule has 0 radical (unpaired) electrons. The predicted molar refractivity (Wildman–Crippen MR) is 119 cm³/mol. The van der Waals surface area contributed by atoms with E-state index >= 15 is 0 Å². The largest absolute Gasteiger partial charge is 0.489 e. The van der Waals surface area contributed by atoms with Crippen molar-refractivity contribution in [3.8, 4) is 17.2 Å². The number of fused-ring (bicyclic) bond motifs is 1. The Morgan fingerprint density at radius 2 is 1.90 bits per heavy atom. The lowest BCUT2D eigenvalue weighted by Crippen LogP contribution is -2.25. The van der Waals surface area contributed by atoms with Gasteiger partial charge >= 0.3 is 0 Å². The second-order valence-electron chi connectivity index (χ2n) is 7.06. The summed E-state index contributed by atoms with van der Waals surface area (Å²) in [7, 11) is 0. The van der Waals surface area contributed by atoms with Gasteiger partial charge in [-0.15, -0.1) is 0 Å². The maximum absolute atomic E-state index is 12.0. The van der Waals surface area contributed by atoms with Crippen molar-refractivity contribution in [2.45, 2.75) is 13.5 Å².